The normalized spacial score (nSPS) is 15.3. The highest BCUT2D eigenvalue weighted by Gasteiger charge is 2.30. The maximum absolute atomic E-state index is 13.8. The quantitative estimate of drug-likeness (QED) is 0.216. The highest BCUT2D eigenvalue weighted by Crippen LogP contribution is 2.34. The lowest BCUT2D eigenvalue weighted by molar-refractivity contribution is -0.120. The number of carbonyl (C=O) groups excluding carboxylic acids is 1. The summed E-state index contributed by atoms with van der Waals surface area (Å²) < 4.78 is 18.3. The molecule has 1 saturated carbocycles. The van der Waals surface area contributed by atoms with Crippen molar-refractivity contribution in [1.82, 2.24) is 19.3 Å². The zero-order valence-corrected chi connectivity index (χ0v) is 23.9. The molecule has 11 heteroatoms. The van der Waals surface area contributed by atoms with Gasteiger partial charge in [-0.1, -0.05) is 23.7 Å². The Labute approximate surface area is 240 Å². The summed E-state index contributed by atoms with van der Waals surface area (Å²) in [6.45, 7) is 4.96. The Balaban J connectivity index is 1.35. The second-order valence-corrected chi connectivity index (χ2v) is 11.7. The van der Waals surface area contributed by atoms with Crippen LogP contribution >= 0.6 is 23.5 Å². The second-order valence-electron chi connectivity index (χ2n) is 10.5. The van der Waals surface area contributed by atoms with Crippen LogP contribution in [0.1, 0.15) is 48.1 Å². The first-order valence-electron chi connectivity index (χ1n) is 13.1. The van der Waals surface area contributed by atoms with Crippen molar-refractivity contribution in [2.75, 3.05) is 10.2 Å². The van der Waals surface area contributed by atoms with E-state index in [0.717, 1.165) is 47.0 Å². The van der Waals surface area contributed by atoms with Gasteiger partial charge in [0.25, 0.3) is 5.56 Å². The fourth-order valence-corrected chi connectivity index (χ4v) is 6.05. The maximum Gasteiger partial charge on any atom is 0.262 e. The molecule has 2 aromatic heterocycles. The van der Waals surface area contributed by atoms with Gasteiger partial charge >= 0.3 is 0 Å². The Morgan fingerprint density at radius 1 is 1.12 bits per heavy atom. The lowest BCUT2D eigenvalue weighted by atomic mass is 10.0. The van der Waals surface area contributed by atoms with E-state index in [9.17, 15) is 14.0 Å². The number of amides is 1. The SMILES string of the molecule is Cc1cc(C(C)Nc2ccc(Cl)nc2SNC(=O)C2CC2)c2nc(N3Cc4ccc(F)cc4C3)n(C)c(=O)c2c1. The zero-order valence-electron chi connectivity index (χ0n) is 22.3. The van der Waals surface area contributed by atoms with Gasteiger partial charge in [-0.2, -0.15) is 0 Å². The number of anilines is 2. The first kappa shape index (κ1) is 26.6. The van der Waals surface area contributed by atoms with Gasteiger partial charge in [0.05, 0.1) is 22.6 Å². The summed E-state index contributed by atoms with van der Waals surface area (Å²) in [6.07, 6.45) is 1.82. The highest BCUT2D eigenvalue weighted by atomic mass is 35.5. The van der Waals surface area contributed by atoms with Crippen molar-refractivity contribution >= 4 is 52.0 Å². The summed E-state index contributed by atoms with van der Waals surface area (Å²) in [4.78, 5) is 37.2. The lowest BCUT2D eigenvalue weighted by Crippen LogP contribution is -2.28. The van der Waals surface area contributed by atoms with Gasteiger partial charge in [0.15, 0.2) is 0 Å². The molecule has 206 valence electrons. The van der Waals surface area contributed by atoms with Crippen molar-refractivity contribution in [1.29, 1.82) is 0 Å². The molecule has 1 aliphatic heterocycles. The first-order chi connectivity index (χ1) is 19.2. The lowest BCUT2D eigenvalue weighted by Gasteiger charge is -2.23. The summed E-state index contributed by atoms with van der Waals surface area (Å²) in [7, 11) is 1.72. The van der Waals surface area contributed by atoms with Gasteiger partial charge in [0.2, 0.25) is 11.9 Å². The van der Waals surface area contributed by atoms with Crippen LogP contribution in [0.25, 0.3) is 10.9 Å². The molecule has 0 saturated heterocycles. The van der Waals surface area contributed by atoms with Crippen molar-refractivity contribution in [3.63, 3.8) is 0 Å². The molecule has 1 amide bonds. The number of aryl methyl sites for hydroxylation is 1. The predicted molar refractivity (Wildman–Crippen MR) is 156 cm³/mol. The van der Waals surface area contributed by atoms with E-state index in [1.54, 1.807) is 23.7 Å². The molecule has 0 spiro atoms. The van der Waals surface area contributed by atoms with E-state index >= 15 is 0 Å². The van der Waals surface area contributed by atoms with E-state index in [-0.39, 0.29) is 29.2 Å². The molecule has 8 nitrogen and oxygen atoms in total. The van der Waals surface area contributed by atoms with Crippen LogP contribution in [0.5, 0.6) is 0 Å². The zero-order chi connectivity index (χ0) is 28.1. The predicted octanol–water partition coefficient (Wildman–Crippen LogP) is 5.66. The largest absolute Gasteiger partial charge is 0.376 e. The van der Waals surface area contributed by atoms with E-state index in [0.29, 0.717) is 45.8 Å². The summed E-state index contributed by atoms with van der Waals surface area (Å²) in [5.41, 5.74) is 4.85. The molecule has 1 fully saturated rings. The van der Waals surface area contributed by atoms with Crippen LogP contribution in [0.4, 0.5) is 16.0 Å². The fourth-order valence-electron chi connectivity index (χ4n) is 5.10. The Morgan fingerprint density at radius 2 is 1.90 bits per heavy atom. The van der Waals surface area contributed by atoms with Gasteiger partial charge in [-0.05, 0) is 73.7 Å². The van der Waals surface area contributed by atoms with Crippen molar-refractivity contribution in [3.05, 3.63) is 86.0 Å². The Bertz CT molecular complexity index is 1720. The molecule has 0 bridgehead atoms. The van der Waals surface area contributed by atoms with Crippen LogP contribution in [-0.2, 0) is 24.9 Å². The Kier molecular flexibility index (Phi) is 6.92. The van der Waals surface area contributed by atoms with Crippen molar-refractivity contribution in [2.45, 2.75) is 50.8 Å². The minimum atomic E-state index is -0.278. The number of pyridine rings is 1. The van der Waals surface area contributed by atoms with E-state index in [1.807, 2.05) is 36.9 Å². The van der Waals surface area contributed by atoms with Crippen LogP contribution in [-0.4, -0.2) is 20.4 Å². The first-order valence-corrected chi connectivity index (χ1v) is 14.3. The second kappa shape index (κ2) is 10.4. The number of carbonyl (C=O) groups is 1. The molecule has 2 aromatic carbocycles. The topological polar surface area (TPSA) is 92.1 Å². The van der Waals surface area contributed by atoms with Gasteiger partial charge in [-0.15, -0.1) is 0 Å². The Hall–Kier alpha value is -3.63. The third kappa shape index (κ3) is 5.13. The van der Waals surface area contributed by atoms with Gasteiger partial charge in [0, 0.05) is 43.6 Å². The van der Waals surface area contributed by atoms with Gasteiger partial charge in [-0.3, -0.25) is 18.9 Å². The number of benzene rings is 2. The molecule has 3 heterocycles. The third-order valence-electron chi connectivity index (χ3n) is 7.37. The summed E-state index contributed by atoms with van der Waals surface area (Å²) in [5, 5.41) is 4.89. The average molecular weight is 579 g/mol. The van der Waals surface area contributed by atoms with Crippen LogP contribution < -0.4 is 20.5 Å². The number of nitrogens with zero attached hydrogens (tertiary/aromatic N) is 4. The molecule has 2 aliphatic rings. The van der Waals surface area contributed by atoms with Crippen molar-refractivity contribution < 1.29 is 9.18 Å². The van der Waals surface area contributed by atoms with Crippen molar-refractivity contribution in [2.24, 2.45) is 13.0 Å². The smallest absolute Gasteiger partial charge is 0.262 e. The number of hydrogen-bond acceptors (Lipinski definition) is 7. The van der Waals surface area contributed by atoms with Crippen LogP contribution in [0.3, 0.4) is 0 Å². The summed E-state index contributed by atoms with van der Waals surface area (Å²) in [6, 6.07) is 11.9. The maximum atomic E-state index is 13.8. The van der Waals surface area contributed by atoms with E-state index in [1.165, 1.54) is 12.1 Å². The summed E-state index contributed by atoms with van der Waals surface area (Å²) >= 11 is 7.32. The van der Waals surface area contributed by atoms with Gasteiger partial charge < -0.3 is 10.2 Å². The molecule has 40 heavy (non-hydrogen) atoms. The molecular formula is C29H28ClFN6O2S. The van der Waals surface area contributed by atoms with Crippen LogP contribution in [0.15, 0.2) is 52.3 Å². The molecule has 1 aliphatic carbocycles. The van der Waals surface area contributed by atoms with Crippen molar-refractivity contribution in [3.8, 4) is 0 Å². The van der Waals surface area contributed by atoms with Crippen LogP contribution in [0, 0.1) is 18.7 Å². The molecule has 6 rings (SSSR count). The number of hydrogen-bond donors (Lipinski definition) is 2. The van der Waals surface area contributed by atoms with E-state index in [2.05, 4.69) is 15.0 Å². The molecular weight excluding hydrogens is 551 g/mol. The molecule has 1 atom stereocenters. The monoisotopic (exact) mass is 578 g/mol. The Morgan fingerprint density at radius 3 is 2.67 bits per heavy atom. The van der Waals surface area contributed by atoms with E-state index in [4.69, 9.17) is 16.6 Å². The molecule has 1 unspecified atom stereocenters. The van der Waals surface area contributed by atoms with Crippen LogP contribution in [0.2, 0.25) is 5.15 Å². The molecule has 4 aromatic rings. The number of halogens is 2. The third-order valence-corrected chi connectivity index (χ3v) is 8.38. The standard InChI is InChI=1S/C29H28ClFN6O2S/c1-15-10-21(16(2)32-23-8-9-24(30)33-27(23)40-35-26(38)17-4-5-17)25-22(11-15)28(39)36(3)29(34-25)37-13-18-6-7-20(31)12-19(18)14-37/h6-12,16-17,32H,4-5,13-14H2,1-3H3,(H,35,38). The number of nitrogens with one attached hydrogen (secondary N) is 2. The highest BCUT2D eigenvalue weighted by molar-refractivity contribution is 7.98. The fraction of sp³-hybridized carbons (Fsp3) is 0.310. The molecule has 2 N–H and O–H groups in total. The number of fused-ring (bicyclic) bond motifs is 2. The number of aromatic nitrogens is 3. The average Bonchev–Trinajstić information content (AvgIpc) is 3.70. The molecule has 0 radical (unpaired) electrons. The minimum Gasteiger partial charge on any atom is -0.376 e. The number of rotatable bonds is 7. The van der Waals surface area contributed by atoms with Gasteiger partial charge in [-0.25, -0.2) is 14.4 Å². The minimum absolute atomic E-state index is 0.00479. The van der Waals surface area contributed by atoms with Gasteiger partial charge in [0.1, 0.15) is 16.0 Å². The van der Waals surface area contributed by atoms with E-state index < -0.39 is 0 Å². The summed E-state index contributed by atoms with van der Waals surface area (Å²) in [5.74, 6) is 0.319.